The van der Waals surface area contributed by atoms with Crippen LogP contribution in [0.1, 0.15) is 25.7 Å². The third kappa shape index (κ3) is 4.33. The lowest BCUT2D eigenvalue weighted by molar-refractivity contribution is 0.103. The standard InChI is InChI=1S/C10H20NO3P/c1-2-5-11(6-3-1)7-10-14-15-12-8-4-9-13-15/h1-10H2. The van der Waals surface area contributed by atoms with Gasteiger partial charge in [0, 0.05) is 6.54 Å². The van der Waals surface area contributed by atoms with Crippen molar-refractivity contribution in [3.05, 3.63) is 0 Å². The van der Waals surface area contributed by atoms with Gasteiger partial charge < -0.3 is 18.5 Å². The molecule has 0 saturated carbocycles. The van der Waals surface area contributed by atoms with Gasteiger partial charge in [0.05, 0.1) is 19.8 Å². The van der Waals surface area contributed by atoms with Crippen molar-refractivity contribution in [2.45, 2.75) is 25.7 Å². The van der Waals surface area contributed by atoms with Crippen molar-refractivity contribution >= 4 is 8.60 Å². The second-order valence-electron chi connectivity index (χ2n) is 3.98. The Balaban J connectivity index is 1.53. The van der Waals surface area contributed by atoms with Crippen LogP contribution in [0, 0.1) is 0 Å². The first-order chi connectivity index (χ1) is 7.45. The van der Waals surface area contributed by atoms with E-state index in [1.54, 1.807) is 0 Å². The van der Waals surface area contributed by atoms with E-state index in [0.29, 0.717) is 0 Å². The summed E-state index contributed by atoms with van der Waals surface area (Å²) in [5, 5.41) is 0. The van der Waals surface area contributed by atoms with Gasteiger partial charge in [0.1, 0.15) is 0 Å². The second-order valence-corrected chi connectivity index (χ2v) is 5.20. The molecule has 0 atom stereocenters. The van der Waals surface area contributed by atoms with Gasteiger partial charge in [-0.1, -0.05) is 6.42 Å². The van der Waals surface area contributed by atoms with Crippen molar-refractivity contribution in [3.8, 4) is 0 Å². The van der Waals surface area contributed by atoms with Crippen LogP contribution in [-0.4, -0.2) is 44.4 Å². The highest BCUT2D eigenvalue weighted by Gasteiger charge is 2.17. The second kappa shape index (κ2) is 6.77. The van der Waals surface area contributed by atoms with Gasteiger partial charge in [-0.05, 0) is 32.4 Å². The number of piperidine rings is 1. The highest BCUT2D eigenvalue weighted by atomic mass is 31.2. The largest absolute Gasteiger partial charge is 0.332 e. The fraction of sp³-hybridized carbons (Fsp3) is 1.00. The Morgan fingerprint density at radius 2 is 1.73 bits per heavy atom. The minimum Gasteiger partial charge on any atom is -0.312 e. The van der Waals surface area contributed by atoms with E-state index >= 15 is 0 Å². The predicted molar refractivity (Wildman–Crippen MR) is 59.7 cm³/mol. The molecule has 4 nitrogen and oxygen atoms in total. The molecule has 88 valence electrons. The maximum absolute atomic E-state index is 5.56. The van der Waals surface area contributed by atoms with Crippen molar-refractivity contribution in [2.75, 3.05) is 39.5 Å². The number of likely N-dealkylation sites (tertiary alicyclic amines) is 1. The lowest BCUT2D eigenvalue weighted by atomic mass is 10.1. The van der Waals surface area contributed by atoms with Crippen molar-refractivity contribution in [1.82, 2.24) is 4.90 Å². The molecule has 0 aromatic carbocycles. The molecule has 2 fully saturated rings. The summed E-state index contributed by atoms with van der Waals surface area (Å²) < 4.78 is 16.3. The maximum Gasteiger partial charge on any atom is 0.332 e. The maximum atomic E-state index is 5.56. The summed E-state index contributed by atoms with van der Waals surface area (Å²) in [7, 11) is -1.03. The van der Waals surface area contributed by atoms with Gasteiger partial charge in [0.2, 0.25) is 0 Å². The molecule has 0 aromatic rings. The quantitative estimate of drug-likeness (QED) is 0.696. The van der Waals surface area contributed by atoms with E-state index in [-0.39, 0.29) is 0 Å². The number of nitrogens with zero attached hydrogens (tertiary/aromatic N) is 1. The number of hydrogen-bond acceptors (Lipinski definition) is 4. The third-order valence-corrected chi connectivity index (χ3v) is 3.92. The fourth-order valence-electron chi connectivity index (χ4n) is 1.88. The minimum absolute atomic E-state index is 0.742. The summed E-state index contributed by atoms with van der Waals surface area (Å²) in [5.41, 5.74) is 0. The third-order valence-electron chi connectivity index (χ3n) is 2.73. The molecule has 0 aliphatic carbocycles. The van der Waals surface area contributed by atoms with Crippen LogP contribution in [0.3, 0.4) is 0 Å². The summed E-state index contributed by atoms with van der Waals surface area (Å²) in [5.74, 6) is 0. The van der Waals surface area contributed by atoms with Gasteiger partial charge in [0.25, 0.3) is 0 Å². The summed E-state index contributed by atoms with van der Waals surface area (Å²) in [6, 6.07) is 0. The van der Waals surface area contributed by atoms with E-state index in [9.17, 15) is 0 Å². The van der Waals surface area contributed by atoms with Crippen LogP contribution in [0.2, 0.25) is 0 Å². The summed E-state index contributed by atoms with van der Waals surface area (Å²) in [6.07, 6.45) is 5.05. The van der Waals surface area contributed by atoms with Crippen LogP contribution in [0.15, 0.2) is 0 Å². The van der Waals surface area contributed by atoms with Crippen molar-refractivity contribution < 1.29 is 13.6 Å². The van der Waals surface area contributed by atoms with E-state index in [0.717, 1.165) is 32.8 Å². The van der Waals surface area contributed by atoms with Crippen molar-refractivity contribution in [2.24, 2.45) is 0 Å². The molecule has 0 unspecified atom stereocenters. The van der Waals surface area contributed by atoms with E-state index in [4.69, 9.17) is 13.6 Å². The smallest absolute Gasteiger partial charge is 0.312 e. The molecule has 0 spiro atoms. The van der Waals surface area contributed by atoms with Gasteiger partial charge in [-0.3, -0.25) is 0 Å². The highest BCUT2D eigenvalue weighted by molar-refractivity contribution is 7.41. The molecule has 5 heteroatoms. The van der Waals surface area contributed by atoms with Crippen LogP contribution in [0.25, 0.3) is 0 Å². The van der Waals surface area contributed by atoms with Crippen molar-refractivity contribution in [1.29, 1.82) is 0 Å². The Morgan fingerprint density at radius 1 is 1.00 bits per heavy atom. The summed E-state index contributed by atoms with van der Waals surface area (Å²) >= 11 is 0. The summed E-state index contributed by atoms with van der Waals surface area (Å²) in [6.45, 7) is 5.79. The molecular weight excluding hydrogens is 213 g/mol. The Hall–Kier alpha value is 0.270. The predicted octanol–water partition coefficient (Wildman–Crippen LogP) is 2.15. The number of rotatable bonds is 4. The molecule has 2 heterocycles. The van der Waals surface area contributed by atoms with Crippen LogP contribution in [0.4, 0.5) is 0 Å². The fourth-order valence-corrected chi connectivity index (χ4v) is 2.89. The van der Waals surface area contributed by atoms with Crippen LogP contribution in [0.5, 0.6) is 0 Å². The van der Waals surface area contributed by atoms with E-state index in [1.807, 2.05) is 0 Å². The number of hydrogen-bond donors (Lipinski definition) is 0. The molecule has 2 aliphatic rings. The van der Waals surface area contributed by atoms with E-state index in [1.165, 1.54) is 32.4 Å². The lowest BCUT2D eigenvalue weighted by Crippen LogP contribution is -2.32. The molecule has 15 heavy (non-hydrogen) atoms. The zero-order valence-corrected chi connectivity index (χ0v) is 10.1. The van der Waals surface area contributed by atoms with Crippen molar-refractivity contribution in [3.63, 3.8) is 0 Å². The molecule has 2 saturated heterocycles. The molecule has 0 amide bonds. The Kier molecular flexibility index (Phi) is 5.30. The summed E-state index contributed by atoms with van der Waals surface area (Å²) in [4.78, 5) is 2.46. The monoisotopic (exact) mass is 233 g/mol. The van der Waals surface area contributed by atoms with Gasteiger partial charge in [-0.2, -0.15) is 0 Å². The Bertz CT molecular complexity index is 152. The van der Waals surface area contributed by atoms with E-state index in [2.05, 4.69) is 4.90 Å². The van der Waals surface area contributed by atoms with Gasteiger partial charge in [-0.15, -0.1) is 0 Å². The topological polar surface area (TPSA) is 30.9 Å². The molecule has 0 aromatic heterocycles. The lowest BCUT2D eigenvalue weighted by Gasteiger charge is -2.27. The minimum atomic E-state index is -1.03. The molecule has 0 radical (unpaired) electrons. The first-order valence-corrected chi connectivity index (χ1v) is 6.96. The molecule has 2 aliphatic heterocycles. The first-order valence-electron chi connectivity index (χ1n) is 5.86. The van der Waals surface area contributed by atoms with Gasteiger partial charge in [-0.25, -0.2) is 0 Å². The average Bonchev–Trinajstić information content (AvgIpc) is 2.32. The zero-order valence-electron chi connectivity index (χ0n) is 9.19. The van der Waals surface area contributed by atoms with E-state index < -0.39 is 8.60 Å². The Labute approximate surface area is 92.9 Å². The zero-order chi connectivity index (χ0) is 10.3. The van der Waals surface area contributed by atoms with Crippen LogP contribution < -0.4 is 0 Å². The molecule has 0 N–H and O–H groups in total. The highest BCUT2D eigenvalue weighted by Crippen LogP contribution is 2.42. The van der Waals surface area contributed by atoms with Gasteiger partial charge in [0.15, 0.2) is 0 Å². The average molecular weight is 233 g/mol. The molecule has 0 bridgehead atoms. The van der Waals surface area contributed by atoms with Gasteiger partial charge >= 0.3 is 8.60 Å². The van der Waals surface area contributed by atoms with Crippen LogP contribution in [-0.2, 0) is 13.6 Å². The molecule has 2 rings (SSSR count). The normalized spacial score (nSPS) is 25.6. The SMILES string of the molecule is C1CCN(CCOP2OCCCO2)CC1. The van der Waals surface area contributed by atoms with Crippen LogP contribution >= 0.6 is 8.60 Å². The molecular formula is C10H20NO3P. The first kappa shape index (κ1) is 11.7. The Morgan fingerprint density at radius 3 is 2.47 bits per heavy atom.